The maximum absolute atomic E-state index is 7.25. The van der Waals surface area contributed by atoms with Gasteiger partial charge in [-0.25, -0.2) is 0 Å². The molecule has 118 heavy (non-hydrogen) atoms. The summed E-state index contributed by atoms with van der Waals surface area (Å²) in [5, 5.41) is 20.4. The van der Waals surface area contributed by atoms with Crippen molar-refractivity contribution in [1.29, 1.82) is 0 Å². The molecule has 0 bridgehead atoms. The number of para-hydroxylation sites is 4. The quantitative estimate of drug-likeness (QED) is 0.0529. The molecule has 0 radical (unpaired) electrons. The van der Waals surface area contributed by atoms with E-state index in [1.807, 2.05) is 170 Å². The van der Waals surface area contributed by atoms with Crippen LogP contribution in [0.3, 0.4) is 0 Å². The van der Waals surface area contributed by atoms with Crippen LogP contribution in [0, 0.1) is 49.4 Å². The van der Waals surface area contributed by atoms with E-state index in [0.717, 1.165) is 110 Å². The Bertz CT molecular complexity index is 6140. The fourth-order valence-electron chi connectivity index (χ4n) is 14.3. The van der Waals surface area contributed by atoms with Crippen LogP contribution in [0.1, 0.15) is 22.3 Å². The van der Waals surface area contributed by atoms with Crippen LogP contribution in [-0.2, 0) is 89.5 Å². The molecule has 4 aromatic heterocycles. The topological polar surface area (TPSA) is 52.6 Å². The maximum Gasteiger partial charge on any atom is 1.00 e. The molecule has 0 saturated carbocycles. The second-order valence-electron chi connectivity index (χ2n) is 26.9. The molecule has 0 amide bonds. The fourth-order valence-corrected chi connectivity index (χ4v) is 29.8. The summed E-state index contributed by atoms with van der Waals surface area (Å²) < 4.78 is 22.7. The number of hydrogen-bond donors (Lipinski definition) is 0. The molecule has 12 heteroatoms. The van der Waals surface area contributed by atoms with Gasteiger partial charge in [0.1, 0.15) is 119 Å². The first-order valence-electron chi connectivity index (χ1n) is 37.6. The first-order valence-corrected chi connectivity index (χ1v) is 44.4. The van der Waals surface area contributed by atoms with Crippen LogP contribution in [0.15, 0.2) is 430 Å². The number of furan rings is 4. The second kappa shape index (κ2) is 44.4. The third-order valence-electron chi connectivity index (χ3n) is 19.8. The monoisotopic (exact) mass is 2320 g/mol. The van der Waals surface area contributed by atoms with Crippen molar-refractivity contribution in [2.24, 2.45) is 0 Å². The Morgan fingerprint density at radius 3 is 0.729 bits per heavy atom. The van der Waals surface area contributed by atoms with Gasteiger partial charge in [0.05, 0.1) is 0 Å². The molecular formula is C106H76Au4O4P4+4. The molecule has 0 unspecified atom stereocenters. The third-order valence-corrected chi connectivity index (χ3v) is 33.7. The molecule has 20 rings (SSSR count). The van der Waals surface area contributed by atoms with Crippen LogP contribution in [0.2, 0.25) is 0 Å². The molecule has 0 aliphatic carbocycles. The van der Waals surface area contributed by atoms with Gasteiger partial charge in [-0.3, -0.25) is 23.7 Å². The van der Waals surface area contributed by atoms with Crippen molar-refractivity contribution in [2.75, 3.05) is 11.8 Å². The molecule has 0 atom stereocenters. The zero-order valence-electron chi connectivity index (χ0n) is 63.5. The Morgan fingerprint density at radius 2 is 0.415 bits per heavy atom. The first-order chi connectivity index (χ1) is 56.4. The summed E-state index contributed by atoms with van der Waals surface area (Å²) in [6, 6.07) is 143. The number of rotatable bonds is 12. The van der Waals surface area contributed by atoms with E-state index in [0.29, 0.717) is 0 Å². The van der Waals surface area contributed by atoms with Crippen molar-refractivity contribution in [3.63, 3.8) is 0 Å². The van der Waals surface area contributed by atoms with Gasteiger partial charge >= 0.3 is 89.5 Å². The third kappa shape index (κ3) is 21.6. The summed E-state index contributed by atoms with van der Waals surface area (Å²) in [7, 11) is -3.39. The van der Waals surface area contributed by atoms with Crippen LogP contribution in [-0.4, -0.2) is 11.8 Å². The van der Waals surface area contributed by atoms with E-state index < -0.39 is 31.7 Å². The standard InChI is InChI=1S/2C25H22P2.4C14H7O.4Au/c2*1-5-13-22(14-6-1)26(23-15-7-2-8-16-23)21-27(24-17-9-3-10-18-24)25-19-11-4-12-20-25;2*1-2-10-6-5-9-13-14(10)11-7-3-4-8-12(11)15-13;1-2-10-7-8-14-12(9-10)11-5-3-4-6-13(11)15-14;1-2-10-7-8-12-11-5-3-4-6-13(11)15-14(12)9-10;;;;/h2*1-20H,21H2;4*3-9H;;;;/q;;4*-1;4*+1/p+4. The molecule has 0 aliphatic heterocycles. The Balaban J connectivity index is 0.000000141. The van der Waals surface area contributed by atoms with Crippen molar-refractivity contribution in [1.82, 2.24) is 0 Å². The molecule has 584 valence electrons. The summed E-state index contributed by atoms with van der Waals surface area (Å²) in [4.78, 5) is 0. The van der Waals surface area contributed by atoms with Gasteiger partial charge in [0.2, 0.25) is 0 Å². The van der Waals surface area contributed by atoms with E-state index in [1.165, 1.54) is 54.2 Å². The van der Waals surface area contributed by atoms with Crippen LogP contribution in [0.5, 0.6) is 0 Å². The van der Waals surface area contributed by atoms with Crippen molar-refractivity contribution in [3.05, 3.63) is 460 Å². The van der Waals surface area contributed by atoms with E-state index in [2.05, 4.69) is 266 Å². The van der Waals surface area contributed by atoms with Gasteiger partial charge < -0.3 is 43.4 Å². The summed E-state index contributed by atoms with van der Waals surface area (Å²) in [6.07, 6.45) is 28.7. The van der Waals surface area contributed by atoms with Gasteiger partial charge in [-0.2, -0.15) is 0 Å². The van der Waals surface area contributed by atoms with Crippen LogP contribution in [0.4, 0.5) is 0 Å². The average Bonchev–Trinajstić information content (AvgIpc) is 1.64. The molecule has 0 spiro atoms. The molecule has 0 fully saturated rings. The first kappa shape index (κ1) is 88.5. The molecule has 16 aromatic carbocycles. The van der Waals surface area contributed by atoms with Crippen molar-refractivity contribution < 1.29 is 107 Å². The second-order valence-corrected chi connectivity index (χ2v) is 38.1. The van der Waals surface area contributed by atoms with E-state index >= 15 is 0 Å². The Morgan fingerprint density at radius 1 is 0.186 bits per heavy atom. The fraction of sp³-hybridized carbons (Fsp3) is 0.0189. The predicted molar refractivity (Wildman–Crippen MR) is 491 cm³/mol. The van der Waals surface area contributed by atoms with Gasteiger partial charge in [-0.15, -0.1) is 52.6 Å². The summed E-state index contributed by atoms with van der Waals surface area (Å²) >= 11 is 0. The predicted octanol–water partition coefficient (Wildman–Crippen LogP) is 23.4. The van der Waals surface area contributed by atoms with Crippen LogP contribution >= 0.6 is 31.7 Å². The van der Waals surface area contributed by atoms with E-state index in [4.69, 9.17) is 43.4 Å². The minimum Gasteiger partial charge on any atom is -0.458 e. The SMILES string of the molecule is [Au+].[Au+].[Au+].[Au+].[C-]#Cc1ccc2c(c1)oc1ccccc12.[C-]#Cc1ccc2oc3ccccc3c2c1.[C-]#Cc1cccc2oc3ccccc3c12.[C-]#Cc1cccc2oc3ccccc3c12.c1ccc([PH+](C[PH+](c2ccccc2)c2ccccc2)c2ccccc2)cc1.c1ccc([PH+](C[PH+](c2ccccc2)c2ccccc2)c2ccccc2)cc1. The van der Waals surface area contributed by atoms with E-state index in [9.17, 15) is 0 Å². The summed E-state index contributed by atoms with van der Waals surface area (Å²) in [5.41, 5.74) is 9.84. The van der Waals surface area contributed by atoms with Gasteiger partial charge in [-0.1, -0.05) is 243 Å². The molecule has 0 saturated heterocycles. The van der Waals surface area contributed by atoms with Crippen molar-refractivity contribution >= 4 is 162 Å². The van der Waals surface area contributed by atoms with Gasteiger partial charge in [0.15, 0.2) is 11.8 Å². The molecule has 20 aromatic rings. The van der Waals surface area contributed by atoms with E-state index in [1.54, 1.807) is 0 Å². The number of benzene rings is 16. The summed E-state index contributed by atoms with van der Waals surface area (Å²) in [6.45, 7) is 0. The minimum atomic E-state index is -0.847. The zero-order chi connectivity index (χ0) is 77.6. The Kier molecular flexibility index (Phi) is 33.3. The van der Waals surface area contributed by atoms with Crippen molar-refractivity contribution in [3.8, 4) is 23.7 Å². The number of fused-ring (bicyclic) bond motifs is 12. The van der Waals surface area contributed by atoms with Gasteiger partial charge in [0, 0.05) is 32.3 Å². The smallest absolute Gasteiger partial charge is 0.458 e. The normalized spacial score (nSPS) is 10.4. The maximum atomic E-state index is 7.25. The molecule has 0 aliphatic rings. The molecular weight excluding hydrogens is 2250 g/mol. The average molecular weight is 2330 g/mol. The summed E-state index contributed by atoms with van der Waals surface area (Å²) in [5.74, 6) is 12.1. The van der Waals surface area contributed by atoms with Gasteiger partial charge in [-0.05, 0) is 150 Å². The van der Waals surface area contributed by atoms with E-state index in [-0.39, 0.29) is 89.5 Å². The van der Waals surface area contributed by atoms with Gasteiger partial charge in [0.25, 0.3) is 0 Å². The Hall–Kier alpha value is -10.4. The van der Waals surface area contributed by atoms with Crippen molar-refractivity contribution in [2.45, 2.75) is 0 Å². The largest absolute Gasteiger partial charge is 1.00 e. The molecule has 0 N–H and O–H groups in total. The van der Waals surface area contributed by atoms with Crippen LogP contribution in [0.25, 0.3) is 87.8 Å². The van der Waals surface area contributed by atoms with Crippen LogP contribution < -0.4 is 42.4 Å². The molecule has 4 nitrogen and oxygen atoms in total. The minimum absolute atomic E-state index is 0. The Labute approximate surface area is 757 Å². The molecule has 4 heterocycles. The number of hydrogen-bond acceptors (Lipinski definition) is 4. The zero-order valence-corrected chi connectivity index (χ0v) is 76.2.